The minimum atomic E-state index is -1.27. The number of hydrogen-bond donors (Lipinski definition) is 2. The van der Waals surface area contributed by atoms with Crippen molar-refractivity contribution >= 4 is 11.6 Å². The number of nitrogens with zero attached hydrogens (tertiary/aromatic N) is 1. The Morgan fingerprint density at radius 3 is 2.43 bits per heavy atom. The molecule has 6 heteroatoms. The van der Waals surface area contributed by atoms with Gasteiger partial charge in [-0.25, -0.2) is 0 Å². The molecule has 0 saturated carbocycles. The average molecular weight is 314 g/mol. The van der Waals surface area contributed by atoms with Gasteiger partial charge >= 0.3 is 0 Å². The number of nitrogens with one attached hydrogen (secondary N) is 1. The monoisotopic (exact) mass is 314 g/mol. The van der Waals surface area contributed by atoms with E-state index in [4.69, 9.17) is 0 Å². The predicted octanol–water partition coefficient (Wildman–Crippen LogP) is 2.90. The molecule has 0 aromatic heterocycles. The molecule has 0 saturated heterocycles. The summed E-state index contributed by atoms with van der Waals surface area (Å²) in [7, 11) is 0. The molecule has 2 rings (SSSR count). The Morgan fingerprint density at radius 1 is 1.17 bits per heavy atom. The zero-order chi connectivity index (χ0) is 16.8. The normalized spacial score (nSPS) is 13.1. The van der Waals surface area contributed by atoms with E-state index in [2.05, 4.69) is 5.32 Å². The van der Waals surface area contributed by atoms with Crippen LogP contribution in [-0.4, -0.2) is 15.9 Å². The van der Waals surface area contributed by atoms with Crippen LogP contribution in [0, 0.1) is 10.1 Å². The number of carbonyl (C=O) groups excluding carboxylic acids is 1. The summed E-state index contributed by atoms with van der Waals surface area (Å²) in [5.74, 6) is -0.533. The van der Waals surface area contributed by atoms with E-state index in [1.165, 1.54) is 12.1 Å². The molecule has 0 aliphatic carbocycles. The number of amides is 1. The van der Waals surface area contributed by atoms with Gasteiger partial charge in [0.2, 0.25) is 0 Å². The standard InChI is InChI=1S/C17H18N2O4/c1-2-15(13-9-6-10-14(11-13)19(22)23)18-17(21)16(20)12-7-4-3-5-8-12/h3-11,15-16,20H,2H2,1H3,(H,18,21). The Bertz CT molecular complexity index is 688. The maximum absolute atomic E-state index is 12.2. The lowest BCUT2D eigenvalue weighted by Crippen LogP contribution is -2.32. The molecule has 0 heterocycles. The first-order valence-electron chi connectivity index (χ1n) is 7.30. The highest BCUT2D eigenvalue weighted by Gasteiger charge is 2.21. The third-order valence-corrected chi connectivity index (χ3v) is 3.57. The minimum Gasteiger partial charge on any atom is -0.378 e. The summed E-state index contributed by atoms with van der Waals surface area (Å²) in [6.07, 6.45) is -0.724. The minimum absolute atomic E-state index is 0.0289. The Labute approximate surface area is 133 Å². The van der Waals surface area contributed by atoms with E-state index in [0.717, 1.165) is 0 Å². The number of rotatable bonds is 6. The van der Waals surface area contributed by atoms with Crippen LogP contribution in [0.4, 0.5) is 5.69 Å². The van der Waals surface area contributed by atoms with E-state index in [9.17, 15) is 20.0 Å². The van der Waals surface area contributed by atoms with Crippen molar-refractivity contribution in [3.63, 3.8) is 0 Å². The van der Waals surface area contributed by atoms with Crippen molar-refractivity contribution in [3.8, 4) is 0 Å². The van der Waals surface area contributed by atoms with Gasteiger partial charge < -0.3 is 10.4 Å². The molecule has 1 amide bonds. The number of aliphatic hydroxyl groups is 1. The molecule has 0 bridgehead atoms. The van der Waals surface area contributed by atoms with Crippen LogP contribution in [-0.2, 0) is 4.79 Å². The van der Waals surface area contributed by atoms with E-state index >= 15 is 0 Å². The van der Waals surface area contributed by atoms with Gasteiger partial charge in [-0.05, 0) is 17.5 Å². The van der Waals surface area contributed by atoms with E-state index in [1.54, 1.807) is 42.5 Å². The van der Waals surface area contributed by atoms with Gasteiger partial charge in [-0.2, -0.15) is 0 Å². The summed E-state index contributed by atoms with van der Waals surface area (Å²) in [5, 5.41) is 23.7. The zero-order valence-electron chi connectivity index (χ0n) is 12.7. The van der Waals surface area contributed by atoms with E-state index in [0.29, 0.717) is 17.5 Å². The van der Waals surface area contributed by atoms with Gasteiger partial charge in [-0.3, -0.25) is 14.9 Å². The number of nitro benzene ring substituents is 1. The lowest BCUT2D eigenvalue weighted by Gasteiger charge is -2.20. The number of carbonyl (C=O) groups is 1. The highest BCUT2D eigenvalue weighted by atomic mass is 16.6. The predicted molar refractivity (Wildman–Crippen MR) is 85.7 cm³/mol. The summed E-state index contributed by atoms with van der Waals surface area (Å²) in [6, 6.07) is 14.3. The van der Waals surface area contributed by atoms with Crippen LogP contribution in [0.5, 0.6) is 0 Å². The first-order chi connectivity index (χ1) is 11.0. The molecule has 2 atom stereocenters. The maximum Gasteiger partial charge on any atom is 0.269 e. The second-order valence-corrected chi connectivity index (χ2v) is 5.13. The molecular weight excluding hydrogens is 296 g/mol. The summed E-state index contributed by atoms with van der Waals surface area (Å²) in [6.45, 7) is 1.86. The van der Waals surface area contributed by atoms with Crippen LogP contribution in [0.3, 0.4) is 0 Å². The van der Waals surface area contributed by atoms with Crippen LogP contribution < -0.4 is 5.32 Å². The summed E-state index contributed by atoms with van der Waals surface area (Å²) in [5.41, 5.74) is 1.10. The summed E-state index contributed by atoms with van der Waals surface area (Å²) < 4.78 is 0. The Morgan fingerprint density at radius 2 is 1.83 bits per heavy atom. The first kappa shape index (κ1) is 16.6. The van der Waals surface area contributed by atoms with Gasteiger partial charge in [0.25, 0.3) is 11.6 Å². The second-order valence-electron chi connectivity index (χ2n) is 5.13. The molecule has 2 unspecified atom stereocenters. The van der Waals surface area contributed by atoms with Crippen LogP contribution in [0.15, 0.2) is 54.6 Å². The topological polar surface area (TPSA) is 92.5 Å². The van der Waals surface area contributed by atoms with Gasteiger partial charge in [0, 0.05) is 12.1 Å². The van der Waals surface area contributed by atoms with Crippen LogP contribution in [0.25, 0.3) is 0 Å². The van der Waals surface area contributed by atoms with Crippen molar-refractivity contribution in [1.82, 2.24) is 5.32 Å². The van der Waals surface area contributed by atoms with Crippen molar-refractivity contribution in [2.24, 2.45) is 0 Å². The van der Waals surface area contributed by atoms with Gasteiger partial charge in [0.05, 0.1) is 11.0 Å². The number of hydrogen-bond acceptors (Lipinski definition) is 4. The Hall–Kier alpha value is -2.73. The average Bonchev–Trinajstić information content (AvgIpc) is 2.59. The molecule has 0 spiro atoms. The van der Waals surface area contributed by atoms with Crippen molar-refractivity contribution in [2.75, 3.05) is 0 Å². The van der Waals surface area contributed by atoms with E-state index in [-0.39, 0.29) is 5.69 Å². The van der Waals surface area contributed by atoms with E-state index < -0.39 is 23.0 Å². The van der Waals surface area contributed by atoms with Gasteiger partial charge in [-0.1, -0.05) is 49.4 Å². The fraction of sp³-hybridized carbons (Fsp3) is 0.235. The molecule has 0 radical (unpaired) electrons. The highest BCUT2D eigenvalue weighted by molar-refractivity contribution is 5.82. The van der Waals surface area contributed by atoms with Crippen LogP contribution in [0.1, 0.15) is 36.6 Å². The third-order valence-electron chi connectivity index (χ3n) is 3.57. The first-order valence-corrected chi connectivity index (χ1v) is 7.30. The summed E-state index contributed by atoms with van der Waals surface area (Å²) in [4.78, 5) is 22.6. The molecular formula is C17H18N2O4. The van der Waals surface area contributed by atoms with Crippen molar-refractivity contribution in [1.29, 1.82) is 0 Å². The lowest BCUT2D eigenvalue weighted by atomic mass is 10.0. The summed E-state index contributed by atoms with van der Waals surface area (Å²) >= 11 is 0. The molecule has 0 aliphatic rings. The number of non-ortho nitro benzene ring substituents is 1. The fourth-order valence-electron chi connectivity index (χ4n) is 2.31. The molecule has 2 aromatic rings. The SMILES string of the molecule is CCC(NC(=O)C(O)c1ccccc1)c1cccc([N+](=O)[O-])c1. The second kappa shape index (κ2) is 7.51. The van der Waals surface area contributed by atoms with Crippen LogP contribution >= 0.6 is 0 Å². The quantitative estimate of drug-likeness (QED) is 0.633. The van der Waals surface area contributed by atoms with E-state index in [1.807, 2.05) is 6.92 Å². The third kappa shape index (κ3) is 4.14. The molecule has 0 aliphatic heterocycles. The molecule has 0 fully saturated rings. The smallest absolute Gasteiger partial charge is 0.269 e. The van der Waals surface area contributed by atoms with Gasteiger partial charge in [0.1, 0.15) is 0 Å². The largest absolute Gasteiger partial charge is 0.378 e. The Kier molecular flexibility index (Phi) is 5.43. The number of nitro groups is 1. The molecule has 2 aromatic carbocycles. The number of aliphatic hydroxyl groups excluding tert-OH is 1. The zero-order valence-corrected chi connectivity index (χ0v) is 12.7. The van der Waals surface area contributed by atoms with Crippen molar-refractivity contribution in [2.45, 2.75) is 25.5 Å². The van der Waals surface area contributed by atoms with Crippen LogP contribution in [0.2, 0.25) is 0 Å². The van der Waals surface area contributed by atoms with Gasteiger partial charge in [-0.15, -0.1) is 0 Å². The number of benzene rings is 2. The highest BCUT2D eigenvalue weighted by Crippen LogP contribution is 2.23. The molecule has 23 heavy (non-hydrogen) atoms. The van der Waals surface area contributed by atoms with Crippen molar-refractivity contribution < 1.29 is 14.8 Å². The molecule has 120 valence electrons. The fourth-order valence-corrected chi connectivity index (χ4v) is 2.31. The Balaban J connectivity index is 2.14. The maximum atomic E-state index is 12.2. The lowest BCUT2D eigenvalue weighted by molar-refractivity contribution is -0.384. The molecule has 6 nitrogen and oxygen atoms in total. The van der Waals surface area contributed by atoms with Gasteiger partial charge in [0.15, 0.2) is 6.10 Å². The van der Waals surface area contributed by atoms with Crippen molar-refractivity contribution in [3.05, 3.63) is 75.8 Å². The molecule has 2 N–H and O–H groups in total.